The Hall–Kier alpha value is -0.320. The van der Waals surface area contributed by atoms with Crippen molar-refractivity contribution in [3.63, 3.8) is 0 Å². The van der Waals surface area contributed by atoms with Crippen molar-refractivity contribution in [3.05, 3.63) is 0 Å². The van der Waals surface area contributed by atoms with Crippen molar-refractivity contribution in [2.45, 2.75) is 90.4 Å². The van der Waals surface area contributed by atoms with E-state index in [1.807, 2.05) is 34.9 Å². The molecule has 0 aromatic carbocycles. The minimum Gasteiger partial charge on any atom is -0.330 e. The van der Waals surface area contributed by atoms with Gasteiger partial charge < -0.3 is 45.0 Å². The molecule has 28 heavy (non-hydrogen) atoms. The monoisotopic (exact) mass is 408 g/mol. The highest BCUT2D eigenvalue weighted by molar-refractivity contribution is 4.70. The van der Waals surface area contributed by atoms with Gasteiger partial charge in [0.2, 0.25) is 0 Å². The summed E-state index contributed by atoms with van der Waals surface area (Å²) in [6, 6.07) is 1.24. The zero-order valence-corrected chi connectivity index (χ0v) is 20.1. The van der Waals surface area contributed by atoms with E-state index in [2.05, 4.69) is 24.5 Å². The van der Waals surface area contributed by atoms with Crippen LogP contribution < -0.4 is 45.0 Å². The second-order valence-corrected chi connectivity index (χ2v) is 7.91. The van der Waals surface area contributed by atoms with Crippen LogP contribution in [0.2, 0.25) is 0 Å². The van der Waals surface area contributed by atoms with E-state index in [0.717, 1.165) is 51.7 Å². The van der Waals surface area contributed by atoms with Crippen LogP contribution in [-0.4, -0.2) is 63.9 Å². The molecule has 0 spiro atoms. The maximum absolute atomic E-state index is 5.57. The third-order valence-electron chi connectivity index (χ3n) is 3.79. The normalized spacial score (nSPS) is 13.6. The molecule has 0 bridgehead atoms. The minimum absolute atomic E-state index is 0.0747. The van der Waals surface area contributed by atoms with Crippen LogP contribution in [0.15, 0.2) is 0 Å². The van der Waals surface area contributed by atoms with Gasteiger partial charge in [-0.15, -0.1) is 0 Å². The highest BCUT2D eigenvalue weighted by Crippen LogP contribution is 1.99. The molecule has 0 radical (unpaired) electrons. The summed E-state index contributed by atoms with van der Waals surface area (Å²) in [6.07, 6.45) is 5.02. The summed E-state index contributed by atoms with van der Waals surface area (Å²) in [7, 11) is 3.88. The maximum Gasteiger partial charge on any atom is 0.0109 e. The first-order chi connectivity index (χ1) is 12.9. The third-order valence-corrected chi connectivity index (χ3v) is 3.79. The Balaban J connectivity index is -0.000000137. The summed E-state index contributed by atoms with van der Waals surface area (Å²) in [5, 5.41) is 6.10. The largest absolute Gasteiger partial charge is 0.330 e. The molecule has 0 saturated carbocycles. The lowest BCUT2D eigenvalue weighted by Gasteiger charge is -2.15. The Kier molecular flexibility index (Phi) is 33.5. The standard InChI is InChI=1S/4C5H14N2/c1-5(6)3-4-7-2;1-5(7-2)3-4-6;1-5(2,7)3-4-6;1-2-5(7)3-4-6/h2*5,7H,3-4,6H2,1-2H3;3-4,6-7H2,1-2H3;5H,2-4,6-7H2,1H3. The van der Waals surface area contributed by atoms with Crippen LogP contribution in [0.5, 0.6) is 0 Å². The van der Waals surface area contributed by atoms with Crippen LogP contribution in [0.1, 0.15) is 66.7 Å². The molecule has 0 heterocycles. The lowest BCUT2D eigenvalue weighted by atomic mass is 10.0. The van der Waals surface area contributed by atoms with Crippen molar-refractivity contribution in [3.8, 4) is 0 Å². The average molecular weight is 409 g/mol. The third kappa shape index (κ3) is 50.0. The molecule has 3 unspecified atom stereocenters. The van der Waals surface area contributed by atoms with Crippen LogP contribution in [0.4, 0.5) is 0 Å². The second-order valence-electron chi connectivity index (χ2n) is 7.91. The van der Waals surface area contributed by atoms with E-state index >= 15 is 0 Å². The van der Waals surface area contributed by atoms with Crippen LogP contribution in [0.25, 0.3) is 0 Å². The Morgan fingerprint density at radius 3 is 1.46 bits per heavy atom. The Bertz CT molecular complexity index is 245. The summed E-state index contributed by atoms with van der Waals surface area (Å²) in [6.45, 7) is 13.3. The highest BCUT2D eigenvalue weighted by Gasteiger charge is 2.06. The number of hydrogen-bond acceptors (Lipinski definition) is 8. The van der Waals surface area contributed by atoms with Gasteiger partial charge in [0.25, 0.3) is 0 Å². The van der Waals surface area contributed by atoms with Gasteiger partial charge in [-0.3, -0.25) is 0 Å². The molecule has 3 atom stereocenters. The predicted molar refractivity (Wildman–Crippen MR) is 128 cm³/mol. The SMILES string of the molecule is CC(C)(N)CCN.CCC(N)CCN.CNC(C)CCN.CNCCC(C)N. The molecule has 0 aliphatic heterocycles. The molecule has 0 fully saturated rings. The van der Waals surface area contributed by atoms with Crippen molar-refractivity contribution < 1.29 is 0 Å². The van der Waals surface area contributed by atoms with Gasteiger partial charge in [0.1, 0.15) is 0 Å². The van der Waals surface area contributed by atoms with Crippen molar-refractivity contribution in [1.29, 1.82) is 0 Å². The topological polar surface area (TPSA) is 180 Å². The van der Waals surface area contributed by atoms with Crippen LogP contribution >= 0.6 is 0 Å². The van der Waals surface area contributed by atoms with Gasteiger partial charge in [-0.05, 0) is 100 Å². The van der Waals surface area contributed by atoms with E-state index < -0.39 is 0 Å². The fourth-order valence-corrected chi connectivity index (χ4v) is 1.56. The second kappa shape index (κ2) is 26.7. The smallest absolute Gasteiger partial charge is 0.0109 e. The molecule has 0 rings (SSSR count). The first kappa shape index (κ1) is 35.1. The Morgan fingerprint density at radius 2 is 1.36 bits per heavy atom. The van der Waals surface area contributed by atoms with Gasteiger partial charge in [0.15, 0.2) is 0 Å². The summed E-state index contributed by atoms with van der Waals surface area (Å²) < 4.78 is 0. The molecule has 0 aliphatic carbocycles. The lowest BCUT2D eigenvalue weighted by molar-refractivity contribution is 0.484. The number of nitrogens with two attached hydrogens (primary N) is 6. The zero-order valence-electron chi connectivity index (χ0n) is 20.1. The summed E-state index contributed by atoms with van der Waals surface area (Å²) in [5.41, 5.74) is 32.2. The van der Waals surface area contributed by atoms with Crippen LogP contribution in [0, 0.1) is 0 Å². The van der Waals surface area contributed by atoms with Crippen molar-refractivity contribution in [1.82, 2.24) is 10.6 Å². The molecule has 0 saturated heterocycles. The van der Waals surface area contributed by atoms with E-state index in [0.29, 0.717) is 24.7 Å². The Morgan fingerprint density at radius 1 is 0.857 bits per heavy atom. The molecule has 0 amide bonds. The minimum atomic E-state index is -0.0747. The zero-order chi connectivity index (χ0) is 23.0. The van der Waals surface area contributed by atoms with Gasteiger partial charge >= 0.3 is 0 Å². The maximum atomic E-state index is 5.57. The fourth-order valence-electron chi connectivity index (χ4n) is 1.56. The van der Waals surface area contributed by atoms with Crippen LogP contribution in [-0.2, 0) is 0 Å². The van der Waals surface area contributed by atoms with E-state index in [1.165, 1.54) is 0 Å². The molecule has 0 aromatic rings. The number of nitrogens with one attached hydrogen (secondary N) is 2. The first-order valence-corrected chi connectivity index (χ1v) is 10.7. The summed E-state index contributed by atoms with van der Waals surface area (Å²) >= 11 is 0. The summed E-state index contributed by atoms with van der Waals surface area (Å²) in [4.78, 5) is 0. The molecule has 0 aliphatic rings. The number of rotatable bonds is 11. The fraction of sp³-hybridized carbons (Fsp3) is 1.00. The van der Waals surface area contributed by atoms with Gasteiger partial charge in [-0.2, -0.15) is 0 Å². The van der Waals surface area contributed by atoms with Crippen LogP contribution in [0.3, 0.4) is 0 Å². The average Bonchev–Trinajstić information content (AvgIpc) is 2.60. The summed E-state index contributed by atoms with van der Waals surface area (Å²) in [5.74, 6) is 0. The van der Waals surface area contributed by atoms with E-state index in [1.54, 1.807) is 0 Å². The van der Waals surface area contributed by atoms with E-state index in [-0.39, 0.29) is 5.54 Å². The highest BCUT2D eigenvalue weighted by atomic mass is 14.9. The van der Waals surface area contributed by atoms with Gasteiger partial charge in [-0.25, -0.2) is 0 Å². The molecule has 8 nitrogen and oxygen atoms in total. The molecular weight excluding hydrogens is 352 g/mol. The van der Waals surface area contributed by atoms with E-state index in [9.17, 15) is 0 Å². The van der Waals surface area contributed by atoms with Crippen molar-refractivity contribution in [2.75, 3.05) is 40.3 Å². The molecular formula is C20H56N8. The molecule has 0 aromatic heterocycles. The molecule has 176 valence electrons. The van der Waals surface area contributed by atoms with Gasteiger partial charge in [-0.1, -0.05) is 6.92 Å². The van der Waals surface area contributed by atoms with Gasteiger partial charge in [0.05, 0.1) is 0 Å². The van der Waals surface area contributed by atoms with Crippen molar-refractivity contribution >= 4 is 0 Å². The lowest BCUT2D eigenvalue weighted by Crippen LogP contribution is -2.34. The van der Waals surface area contributed by atoms with E-state index in [4.69, 9.17) is 34.4 Å². The first-order valence-electron chi connectivity index (χ1n) is 10.7. The Labute approximate surface area is 176 Å². The molecule has 8 heteroatoms. The quantitative estimate of drug-likeness (QED) is 0.236. The van der Waals surface area contributed by atoms with Crippen molar-refractivity contribution in [2.24, 2.45) is 34.4 Å². The molecule has 14 N–H and O–H groups in total. The van der Waals surface area contributed by atoms with Gasteiger partial charge in [0, 0.05) is 23.7 Å². The number of hydrogen-bond donors (Lipinski definition) is 8. The predicted octanol–water partition coefficient (Wildman–Crippen LogP) is 0.0312.